The second-order valence-electron chi connectivity index (χ2n) is 7.15. The lowest BCUT2D eigenvalue weighted by Crippen LogP contribution is -2.39. The Morgan fingerprint density at radius 2 is 2.00 bits per heavy atom. The van der Waals surface area contributed by atoms with Crippen LogP contribution in [0.3, 0.4) is 0 Å². The third-order valence-corrected chi connectivity index (χ3v) is 5.53. The lowest BCUT2D eigenvalue weighted by molar-refractivity contribution is -0.130. The lowest BCUT2D eigenvalue weighted by Gasteiger charge is -2.25. The Kier molecular flexibility index (Phi) is 5.19. The van der Waals surface area contributed by atoms with E-state index in [0.29, 0.717) is 24.3 Å². The molecule has 0 aliphatic carbocycles. The fraction of sp³-hybridized carbons (Fsp3) is 0.350. The van der Waals surface area contributed by atoms with Gasteiger partial charge in [0, 0.05) is 19.0 Å². The maximum atomic E-state index is 12.5. The van der Waals surface area contributed by atoms with E-state index < -0.39 is 12.1 Å². The molecule has 0 unspecified atom stereocenters. The monoisotopic (exact) mass is 413 g/mol. The summed E-state index contributed by atoms with van der Waals surface area (Å²) in [7, 11) is 0. The molecule has 150 valence electrons. The molecule has 2 aromatic heterocycles. The highest BCUT2D eigenvalue weighted by atomic mass is 35.5. The third-order valence-electron chi connectivity index (χ3n) is 5.35. The number of likely N-dealkylation sites (tertiary alicyclic amines) is 1. The molecule has 1 aromatic carbocycles. The van der Waals surface area contributed by atoms with Crippen LogP contribution in [-0.4, -0.2) is 55.2 Å². The predicted molar refractivity (Wildman–Crippen MR) is 106 cm³/mol. The maximum absolute atomic E-state index is 12.5. The van der Waals surface area contributed by atoms with Crippen LogP contribution in [0.1, 0.15) is 24.2 Å². The highest BCUT2D eigenvalue weighted by Gasteiger charge is 2.43. The number of hydrogen-bond acceptors (Lipinski definition) is 6. The Hall–Kier alpha value is -3.00. The number of carbonyl (C=O) groups excluding carboxylic acids is 2. The van der Waals surface area contributed by atoms with E-state index in [1.807, 2.05) is 13.0 Å². The molecule has 3 aromatic rings. The molecule has 0 N–H and O–H groups in total. The minimum absolute atomic E-state index is 0.0794. The van der Waals surface area contributed by atoms with Crippen LogP contribution in [-0.2, 0) is 16.1 Å². The maximum Gasteiger partial charge on any atom is 0.338 e. The average Bonchev–Trinajstić information content (AvgIpc) is 3.24. The normalized spacial score (nSPS) is 21.5. The van der Waals surface area contributed by atoms with Crippen molar-refractivity contribution in [2.75, 3.05) is 6.54 Å². The SMILES string of the molecule is CC(=O)N1C[C@H](OC(=O)c2ccccc2)[C@H](C)[C@H]1Cn1ncc2cnc(Cl)nc21. The summed E-state index contributed by atoms with van der Waals surface area (Å²) in [6.07, 6.45) is 2.87. The quantitative estimate of drug-likeness (QED) is 0.482. The van der Waals surface area contributed by atoms with Crippen molar-refractivity contribution >= 4 is 34.5 Å². The number of amides is 1. The second kappa shape index (κ2) is 7.79. The molecule has 1 amide bonds. The van der Waals surface area contributed by atoms with E-state index in [0.717, 1.165) is 5.39 Å². The number of carbonyl (C=O) groups is 2. The molecule has 3 heterocycles. The largest absolute Gasteiger partial charge is 0.457 e. The molecular formula is C20H20ClN5O3. The van der Waals surface area contributed by atoms with Gasteiger partial charge in [-0.05, 0) is 23.7 Å². The van der Waals surface area contributed by atoms with Gasteiger partial charge in [-0.15, -0.1) is 0 Å². The van der Waals surface area contributed by atoms with Crippen LogP contribution in [0.2, 0.25) is 5.28 Å². The number of nitrogens with zero attached hydrogens (tertiary/aromatic N) is 5. The van der Waals surface area contributed by atoms with Crippen LogP contribution in [0, 0.1) is 5.92 Å². The summed E-state index contributed by atoms with van der Waals surface area (Å²) in [5.74, 6) is -0.553. The number of fused-ring (bicyclic) bond motifs is 1. The molecule has 0 spiro atoms. The molecule has 1 saturated heterocycles. The summed E-state index contributed by atoms with van der Waals surface area (Å²) in [4.78, 5) is 34.7. The van der Waals surface area contributed by atoms with Gasteiger partial charge in [-0.1, -0.05) is 25.1 Å². The van der Waals surface area contributed by atoms with Gasteiger partial charge < -0.3 is 9.64 Å². The summed E-state index contributed by atoms with van der Waals surface area (Å²) in [6, 6.07) is 8.64. The van der Waals surface area contributed by atoms with Gasteiger partial charge in [0.25, 0.3) is 0 Å². The minimum atomic E-state index is -0.406. The van der Waals surface area contributed by atoms with E-state index in [1.54, 1.807) is 46.2 Å². The van der Waals surface area contributed by atoms with Crippen molar-refractivity contribution < 1.29 is 14.3 Å². The summed E-state index contributed by atoms with van der Waals surface area (Å²) in [5, 5.41) is 5.27. The Labute approximate surface area is 172 Å². The van der Waals surface area contributed by atoms with Crippen molar-refractivity contribution in [1.82, 2.24) is 24.6 Å². The van der Waals surface area contributed by atoms with Crippen molar-refractivity contribution in [1.29, 1.82) is 0 Å². The number of ether oxygens (including phenoxy) is 1. The molecule has 1 aliphatic heterocycles. The fourth-order valence-corrected chi connectivity index (χ4v) is 3.86. The summed E-state index contributed by atoms with van der Waals surface area (Å²) in [5.41, 5.74) is 1.09. The smallest absolute Gasteiger partial charge is 0.338 e. The topological polar surface area (TPSA) is 90.2 Å². The first kappa shape index (κ1) is 19.3. The van der Waals surface area contributed by atoms with Gasteiger partial charge >= 0.3 is 5.97 Å². The zero-order chi connectivity index (χ0) is 20.5. The summed E-state index contributed by atoms with van der Waals surface area (Å²) < 4.78 is 7.45. The standard InChI is InChI=1S/C20H20ClN5O3/c1-12-16(10-26-18-15(9-23-26)8-22-20(21)24-18)25(13(2)27)11-17(12)29-19(28)14-6-4-3-5-7-14/h3-9,12,16-17H,10-11H2,1-2H3/t12-,16-,17+/m1/s1. The third kappa shape index (κ3) is 3.80. The Morgan fingerprint density at radius 1 is 1.24 bits per heavy atom. The Bertz CT molecular complexity index is 1050. The van der Waals surface area contributed by atoms with Gasteiger partial charge in [-0.25, -0.2) is 14.5 Å². The first-order chi connectivity index (χ1) is 13.9. The van der Waals surface area contributed by atoms with Crippen molar-refractivity contribution in [3.8, 4) is 0 Å². The first-order valence-electron chi connectivity index (χ1n) is 9.31. The van der Waals surface area contributed by atoms with Crippen molar-refractivity contribution in [3.63, 3.8) is 0 Å². The molecule has 1 fully saturated rings. The van der Waals surface area contributed by atoms with Crippen LogP contribution in [0.4, 0.5) is 0 Å². The molecule has 3 atom stereocenters. The molecular weight excluding hydrogens is 394 g/mol. The zero-order valence-electron chi connectivity index (χ0n) is 16.0. The highest BCUT2D eigenvalue weighted by molar-refractivity contribution is 6.28. The summed E-state index contributed by atoms with van der Waals surface area (Å²) in [6.45, 7) is 4.25. The van der Waals surface area contributed by atoms with Gasteiger partial charge in [0.2, 0.25) is 11.2 Å². The van der Waals surface area contributed by atoms with Gasteiger partial charge in [0.1, 0.15) is 6.10 Å². The Morgan fingerprint density at radius 3 is 2.72 bits per heavy atom. The number of rotatable bonds is 4. The minimum Gasteiger partial charge on any atom is -0.457 e. The highest BCUT2D eigenvalue weighted by Crippen LogP contribution is 2.29. The first-order valence-corrected chi connectivity index (χ1v) is 9.69. The van der Waals surface area contributed by atoms with Gasteiger partial charge in [0.15, 0.2) is 5.65 Å². The molecule has 8 nitrogen and oxygen atoms in total. The molecule has 0 bridgehead atoms. The average molecular weight is 414 g/mol. The number of aromatic nitrogens is 4. The Balaban J connectivity index is 1.56. The number of benzene rings is 1. The molecule has 0 saturated carbocycles. The molecule has 9 heteroatoms. The second-order valence-corrected chi connectivity index (χ2v) is 7.49. The van der Waals surface area contributed by atoms with E-state index >= 15 is 0 Å². The van der Waals surface area contributed by atoms with Crippen molar-refractivity contribution in [2.45, 2.75) is 32.5 Å². The van der Waals surface area contributed by atoms with E-state index in [-0.39, 0.29) is 23.2 Å². The number of halogens is 1. The van der Waals surface area contributed by atoms with Crippen LogP contribution < -0.4 is 0 Å². The van der Waals surface area contributed by atoms with Gasteiger partial charge in [-0.3, -0.25) is 4.79 Å². The van der Waals surface area contributed by atoms with Gasteiger partial charge in [0.05, 0.1) is 36.3 Å². The molecule has 29 heavy (non-hydrogen) atoms. The predicted octanol–water partition coefficient (Wildman–Crippen LogP) is 2.57. The lowest BCUT2D eigenvalue weighted by atomic mass is 10.0. The van der Waals surface area contributed by atoms with E-state index in [1.165, 1.54) is 6.92 Å². The number of hydrogen-bond donors (Lipinski definition) is 0. The van der Waals surface area contributed by atoms with Crippen molar-refractivity contribution in [2.24, 2.45) is 5.92 Å². The summed E-state index contributed by atoms with van der Waals surface area (Å²) >= 11 is 5.93. The van der Waals surface area contributed by atoms with Crippen LogP contribution in [0.25, 0.3) is 11.0 Å². The van der Waals surface area contributed by atoms with Gasteiger partial charge in [-0.2, -0.15) is 10.1 Å². The van der Waals surface area contributed by atoms with Crippen LogP contribution >= 0.6 is 11.6 Å². The van der Waals surface area contributed by atoms with Crippen LogP contribution in [0.15, 0.2) is 42.7 Å². The van der Waals surface area contributed by atoms with E-state index in [4.69, 9.17) is 16.3 Å². The molecule has 1 aliphatic rings. The number of esters is 1. The zero-order valence-corrected chi connectivity index (χ0v) is 16.8. The molecule has 0 radical (unpaired) electrons. The van der Waals surface area contributed by atoms with Crippen molar-refractivity contribution in [3.05, 3.63) is 53.6 Å². The van der Waals surface area contributed by atoms with E-state index in [2.05, 4.69) is 15.1 Å². The molecule has 4 rings (SSSR count). The fourth-order valence-electron chi connectivity index (χ4n) is 3.73. The van der Waals surface area contributed by atoms with Crippen LogP contribution in [0.5, 0.6) is 0 Å². The van der Waals surface area contributed by atoms with E-state index in [9.17, 15) is 9.59 Å².